The zero-order valence-corrected chi connectivity index (χ0v) is 19.7. The second-order valence-electron chi connectivity index (χ2n) is 8.25. The lowest BCUT2D eigenvalue weighted by atomic mass is 9.94. The van der Waals surface area contributed by atoms with Crippen LogP contribution < -0.4 is 9.80 Å². The van der Waals surface area contributed by atoms with Gasteiger partial charge in [-0.25, -0.2) is 4.58 Å². The second-order valence-corrected chi connectivity index (χ2v) is 9.00. The molecule has 4 rings (SSSR count). The van der Waals surface area contributed by atoms with Gasteiger partial charge in [0.25, 0.3) is 0 Å². The number of rotatable bonds is 3. The highest BCUT2D eigenvalue weighted by molar-refractivity contribution is 6.50. The summed E-state index contributed by atoms with van der Waals surface area (Å²) in [5.74, 6) is 0. The first-order chi connectivity index (χ1) is 14.2. The SMILES string of the molecule is CN(C)c1ccc(C2=C3C=CC(=[N+](C)C)C(Cl)=C3c3c2ccc(N(C)C)c3Cl)cc1. The van der Waals surface area contributed by atoms with E-state index in [2.05, 4.69) is 53.5 Å². The minimum atomic E-state index is 0.733. The minimum Gasteiger partial charge on any atom is -0.378 e. The zero-order valence-electron chi connectivity index (χ0n) is 18.2. The number of hydrogen-bond donors (Lipinski definition) is 0. The van der Waals surface area contributed by atoms with Gasteiger partial charge in [-0.3, -0.25) is 0 Å². The standard InChI is InChI=1S/C25H26Cl2N3/c1-28(2)16-9-7-15(8-10-16)21-17-11-13-19(29(3)4)24(26)22(17)23-18(21)12-14-20(25(23)27)30(5)6/h7-14H,1-6H3/q+1. The smallest absolute Gasteiger partial charge is 0.218 e. The monoisotopic (exact) mass is 438 g/mol. The largest absolute Gasteiger partial charge is 0.378 e. The molecule has 0 spiro atoms. The molecule has 0 amide bonds. The Morgan fingerprint density at radius 2 is 1.43 bits per heavy atom. The van der Waals surface area contributed by atoms with E-state index in [1.54, 1.807) is 0 Å². The summed E-state index contributed by atoms with van der Waals surface area (Å²) < 4.78 is 2.04. The van der Waals surface area contributed by atoms with Crippen molar-refractivity contribution in [2.75, 3.05) is 52.1 Å². The van der Waals surface area contributed by atoms with Crippen LogP contribution in [0.2, 0.25) is 5.02 Å². The van der Waals surface area contributed by atoms with Crippen molar-refractivity contribution in [3.05, 3.63) is 80.9 Å². The molecule has 0 atom stereocenters. The lowest BCUT2D eigenvalue weighted by Gasteiger charge is -2.19. The Kier molecular flexibility index (Phi) is 5.29. The molecule has 154 valence electrons. The number of benzene rings is 2. The number of hydrogen-bond acceptors (Lipinski definition) is 2. The molecule has 0 saturated carbocycles. The Morgan fingerprint density at radius 3 is 2.00 bits per heavy atom. The lowest BCUT2D eigenvalue weighted by molar-refractivity contribution is -0.462. The Morgan fingerprint density at radius 1 is 0.767 bits per heavy atom. The van der Waals surface area contributed by atoms with Crippen molar-refractivity contribution in [1.82, 2.24) is 0 Å². The Balaban J connectivity index is 2.04. The third kappa shape index (κ3) is 3.17. The van der Waals surface area contributed by atoms with Crippen LogP contribution in [0.1, 0.15) is 16.7 Å². The number of halogens is 2. The molecule has 0 aromatic heterocycles. The van der Waals surface area contributed by atoms with E-state index < -0.39 is 0 Å². The van der Waals surface area contributed by atoms with Crippen LogP contribution in [0.5, 0.6) is 0 Å². The molecule has 0 radical (unpaired) electrons. The molecular formula is C25H26Cl2N3+. The van der Waals surface area contributed by atoms with Crippen LogP contribution in [0, 0.1) is 0 Å². The van der Waals surface area contributed by atoms with Crippen molar-refractivity contribution < 1.29 is 4.58 Å². The summed E-state index contributed by atoms with van der Waals surface area (Å²) in [6.45, 7) is 0. The zero-order chi connectivity index (χ0) is 21.7. The van der Waals surface area contributed by atoms with Gasteiger partial charge < -0.3 is 9.80 Å². The molecule has 0 N–H and O–H groups in total. The molecule has 2 aliphatic carbocycles. The summed E-state index contributed by atoms with van der Waals surface area (Å²) in [7, 11) is 12.1. The summed E-state index contributed by atoms with van der Waals surface area (Å²) in [6.07, 6.45) is 4.25. The molecule has 2 aromatic rings. The van der Waals surface area contributed by atoms with Gasteiger partial charge in [0.05, 0.1) is 10.7 Å². The van der Waals surface area contributed by atoms with Gasteiger partial charge in [-0.2, -0.15) is 0 Å². The Hall–Kier alpha value is -2.49. The van der Waals surface area contributed by atoms with Gasteiger partial charge in [0, 0.05) is 51.1 Å². The first-order valence-corrected chi connectivity index (χ1v) is 10.6. The third-order valence-corrected chi connectivity index (χ3v) is 6.43. The van der Waals surface area contributed by atoms with E-state index in [0.29, 0.717) is 0 Å². The fraction of sp³-hybridized carbons (Fsp3) is 0.240. The molecule has 3 nitrogen and oxygen atoms in total. The van der Waals surface area contributed by atoms with Gasteiger partial charge in [-0.15, -0.1) is 0 Å². The Labute approximate surface area is 188 Å². The van der Waals surface area contributed by atoms with Crippen molar-refractivity contribution in [3.8, 4) is 0 Å². The highest BCUT2D eigenvalue weighted by atomic mass is 35.5. The van der Waals surface area contributed by atoms with E-state index in [1.165, 1.54) is 11.3 Å². The highest BCUT2D eigenvalue weighted by Gasteiger charge is 2.35. The van der Waals surface area contributed by atoms with E-state index in [4.69, 9.17) is 23.2 Å². The maximum Gasteiger partial charge on any atom is 0.218 e. The Bertz CT molecular complexity index is 1160. The van der Waals surface area contributed by atoms with Crippen molar-refractivity contribution in [2.24, 2.45) is 0 Å². The third-order valence-electron chi connectivity index (χ3n) is 5.67. The molecule has 0 aliphatic heterocycles. The molecule has 0 unspecified atom stereocenters. The van der Waals surface area contributed by atoms with Crippen LogP contribution in [0.3, 0.4) is 0 Å². The van der Waals surface area contributed by atoms with Gasteiger partial charge in [0.2, 0.25) is 5.71 Å². The lowest BCUT2D eigenvalue weighted by Crippen LogP contribution is -2.15. The van der Waals surface area contributed by atoms with Crippen LogP contribution in [0.4, 0.5) is 11.4 Å². The second kappa shape index (κ2) is 7.64. The number of anilines is 2. The maximum atomic E-state index is 6.97. The molecular weight excluding hydrogens is 413 g/mol. The van der Waals surface area contributed by atoms with Gasteiger partial charge in [0.15, 0.2) is 0 Å². The fourth-order valence-electron chi connectivity index (χ4n) is 4.11. The molecule has 5 heteroatoms. The maximum absolute atomic E-state index is 6.97. The summed E-state index contributed by atoms with van der Waals surface area (Å²) in [6, 6.07) is 12.9. The number of fused-ring (bicyclic) bond motifs is 3. The van der Waals surface area contributed by atoms with Gasteiger partial charge in [0.1, 0.15) is 19.1 Å². The van der Waals surface area contributed by atoms with E-state index >= 15 is 0 Å². The molecule has 0 saturated heterocycles. The fourth-order valence-corrected chi connectivity index (χ4v) is 4.97. The summed E-state index contributed by atoms with van der Waals surface area (Å²) in [5, 5.41) is 1.47. The van der Waals surface area contributed by atoms with E-state index in [0.717, 1.165) is 49.3 Å². The van der Waals surface area contributed by atoms with Crippen LogP contribution in [0.15, 0.2) is 59.2 Å². The summed E-state index contributed by atoms with van der Waals surface area (Å²) >= 11 is 13.9. The van der Waals surface area contributed by atoms with Gasteiger partial charge in [-0.1, -0.05) is 41.4 Å². The van der Waals surface area contributed by atoms with Crippen LogP contribution in [-0.2, 0) is 0 Å². The van der Waals surface area contributed by atoms with E-state index in [1.807, 2.05) is 51.8 Å². The highest BCUT2D eigenvalue weighted by Crippen LogP contribution is 2.52. The van der Waals surface area contributed by atoms with Gasteiger partial charge in [-0.05, 0) is 46.5 Å². The normalized spacial score (nSPS) is 14.9. The van der Waals surface area contributed by atoms with E-state index in [9.17, 15) is 0 Å². The average Bonchev–Trinajstić information content (AvgIpc) is 3.04. The molecule has 0 bridgehead atoms. The molecule has 2 aromatic carbocycles. The molecule has 0 heterocycles. The summed E-state index contributed by atoms with van der Waals surface area (Å²) in [4.78, 5) is 4.14. The predicted molar refractivity (Wildman–Crippen MR) is 132 cm³/mol. The van der Waals surface area contributed by atoms with Crippen LogP contribution in [-0.4, -0.2) is 52.6 Å². The van der Waals surface area contributed by atoms with E-state index in [-0.39, 0.29) is 0 Å². The first-order valence-electron chi connectivity index (χ1n) is 9.87. The van der Waals surface area contributed by atoms with Crippen molar-refractivity contribution in [1.29, 1.82) is 0 Å². The molecule has 30 heavy (non-hydrogen) atoms. The first kappa shape index (κ1) is 20.8. The van der Waals surface area contributed by atoms with Crippen molar-refractivity contribution in [3.63, 3.8) is 0 Å². The van der Waals surface area contributed by atoms with Crippen molar-refractivity contribution in [2.45, 2.75) is 0 Å². The predicted octanol–water partition coefficient (Wildman–Crippen LogP) is 5.52. The quantitative estimate of drug-likeness (QED) is 0.583. The topological polar surface area (TPSA) is 9.49 Å². The average molecular weight is 439 g/mol. The van der Waals surface area contributed by atoms with Crippen LogP contribution >= 0.6 is 23.2 Å². The summed E-state index contributed by atoms with van der Waals surface area (Å²) in [5.41, 5.74) is 9.73. The van der Waals surface area contributed by atoms with Crippen molar-refractivity contribution >= 4 is 51.4 Å². The minimum absolute atomic E-state index is 0.733. The van der Waals surface area contributed by atoms with Gasteiger partial charge >= 0.3 is 0 Å². The molecule has 0 fully saturated rings. The number of allylic oxidation sites excluding steroid dienone is 5. The van der Waals surface area contributed by atoms with Crippen LogP contribution in [0.25, 0.3) is 11.1 Å². The number of nitrogens with zero attached hydrogens (tertiary/aromatic N) is 3. The molecule has 2 aliphatic rings.